The molecule has 3 aromatic carbocycles. The summed E-state index contributed by atoms with van der Waals surface area (Å²) in [6, 6.07) is 4.92. The van der Waals surface area contributed by atoms with Gasteiger partial charge < -0.3 is 17.2 Å². The zero-order valence-electron chi connectivity index (χ0n) is 28.4. The molecule has 0 unspecified atom stereocenters. The number of nitrogens with two attached hydrogens (primary N) is 9. The summed E-state index contributed by atoms with van der Waals surface area (Å²) in [6.45, 7) is 0. The molecule has 336 valence electrons. The van der Waals surface area contributed by atoms with E-state index in [1.807, 2.05) is 0 Å². The van der Waals surface area contributed by atoms with Crippen LogP contribution in [0.4, 0.5) is 17.1 Å². The van der Waals surface area contributed by atoms with Crippen molar-refractivity contribution in [1.29, 1.82) is 0 Å². The lowest BCUT2D eigenvalue weighted by atomic mass is 10.2. The van der Waals surface area contributed by atoms with Crippen molar-refractivity contribution in [2.45, 2.75) is 29.4 Å². The van der Waals surface area contributed by atoms with Gasteiger partial charge in [-0.3, -0.25) is 0 Å². The van der Waals surface area contributed by atoms with Crippen molar-refractivity contribution in [3.63, 3.8) is 0 Å². The van der Waals surface area contributed by atoms with Crippen molar-refractivity contribution >= 4 is 197 Å². The molecule has 0 spiro atoms. The molecule has 0 radical (unpaired) electrons. The maximum Gasteiger partial charge on any atom is 0.240 e. The van der Waals surface area contributed by atoms with Crippen molar-refractivity contribution in [1.82, 2.24) is 0 Å². The molecule has 0 aliphatic rings. The Labute approximate surface area is 387 Å². The summed E-state index contributed by atoms with van der Waals surface area (Å²) in [5.41, 5.74) is 14.8. The minimum absolute atomic E-state index is 0.237. The van der Waals surface area contributed by atoms with Crippen molar-refractivity contribution in [3.8, 4) is 0 Å². The first-order valence-electron chi connectivity index (χ1n) is 13.7. The van der Waals surface area contributed by atoms with Crippen LogP contribution in [-0.2, 0) is 60.1 Å². The maximum absolute atomic E-state index is 11.5. The molecule has 18 N–H and O–H groups in total. The van der Waals surface area contributed by atoms with Crippen LogP contribution in [0.3, 0.4) is 0 Å². The fourth-order valence-electron chi connectivity index (χ4n) is 4.00. The first-order chi connectivity index (χ1) is 26.6. The highest BCUT2D eigenvalue weighted by molar-refractivity contribution is 7.91. The topological polar surface area (TPSA) is 439 Å². The van der Waals surface area contributed by atoms with Crippen molar-refractivity contribution in [3.05, 3.63) is 66.6 Å². The van der Waals surface area contributed by atoms with Crippen LogP contribution in [0.25, 0.3) is 15.1 Å². The number of rotatable bonds is 9. The number of sulfonamides is 6. The van der Waals surface area contributed by atoms with Crippen LogP contribution in [0.5, 0.6) is 0 Å². The second-order valence-electron chi connectivity index (χ2n) is 10.7. The predicted molar refractivity (Wildman–Crippen MR) is 234 cm³/mol. The summed E-state index contributed by atoms with van der Waals surface area (Å²) in [5.74, 6) is 0. The molecule has 0 saturated carbocycles. The number of halogens is 9. The van der Waals surface area contributed by atoms with Crippen LogP contribution in [0.15, 0.2) is 79.2 Å². The number of primary sulfonamides is 6. The standard InChI is InChI=1S/3C8H8Cl3N3O4S2/c3*9-7(8(10)11)3-1-4(12)6(20(14,17)18)2-5(3)19(13,15)16/h3*1-2H,12H2,(H2,13,15,16)(H2,14,17,18). The zero-order chi connectivity index (χ0) is 47.6. The Balaban J connectivity index is 0.000000450. The summed E-state index contributed by atoms with van der Waals surface area (Å²) in [6.07, 6.45) is 0. The summed E-state index contributed by atoms with van der Waals surface area (Å²) in [7, 11) is -25.7. The van der Waals surface area contributed by atoms with E-state index in [9.17, 15) is 50.5 Å². The molecular formula is C24H24Cl9N9O12S6. The quantitative estimate of drug-likeness (QED) is 0.139. The van der Waals surface area contributed by atoms with E-state index in [2.05, 4.69) is 0 Å². The summed E-state index contributed by atoms with van der Waals surface area (Å²) in [4.78, 5) is -3.71. The van der Waals surface area contributed by atoms with E-state index in [0.717, 1.165) is 18.2 Å². The minimum atomic E-state index is -4.32. The van der Waals surface area contributed by atoms with Crippen molar-refractivity contribution in [2.75, 3.05) is 17.2 Å². The molecule has 3 rings (SSSR count). The van der Waals surface area contributed by atoms with Gasteiger partial charge >= 0.3 is 0 Å². The Bertz CT molecular complexity index is 2720. The fraction of sp³-hybridized carbons (Fsp3) is 0. The van der Waals surface area contributed by atoms with Gasteiger partial charge in [0.25, 0.3) is 0 Å². The molecule has 21 nitrogen and oxygen atoms in total. The van der Waals surface area contributed by atoms with Gasteiger partial charge in [0.05, 0.1) is 46.8 Å². The van der Waals surface area contributed by atoms with Gasteiger partial charge in [-0.2, -0.15) is 0 Å². The third-order valence-electron chi connectivity index (χ3n) is 6.38. The van der Waals surface area contributed by atoms with Gasteiger partial charge in [0.15, 0.2) is 0 Å². The van der Waals surface area contributed by atoms with Crippen LogP contribution in [0.1, 0.15) is 16.7 Å². The first kappa shape index (κ1) is 56.4. The average Bonchev–Trinajstić information content (AvgIpc) is 3.03. The third-order valence-corrected chi connectivity index (χ3v) is 15.0. The number of benzene rings is 3. The Morgan fingerprint density at radius 3 is 0.567 bits per heavy atom. The van der Waals surface area contributed by atoms with Crippen LogP contribution in [0, 0.1) is 0 Å². The SMILES string of the molecule is Nc1cc(C(Cl)=C(Cl)Cl)c(S(N)(=O)=O)cc1S(N)(=O)=O.Nc1cc(C(Cl)=C(Cl)Cl)c(S(N)(=O)=O)cc1S(N)(=O)=O.Nc1cc(C(Cl)=C(Cl)Cl)c(S(N)(=O)=O)cc1S(N)(=O)=O. The van der Waals surface area contributed by atoms with Crippen LogP contribution in [0.2, 0.25) is 0 Å². The van der Waals surface area contributed by atoms with Crippen molar-refractivity contribution in [2.24, 2.45) is 30.8 Å². The Kier molecular flexibility index (Phi) is 19.2. The monoisotopic (exact) mass is 1140 g/mol. The number of hydrogen-bond donors (Lipinski definition) is 9. The molecule has 3 aromatic rings. The van der Waals surface area contributed by atoms with Gasteiger partial charge in [0.1, 0.15) is 28.2 Å². The second-order valence-corrected chi connectivity index (χ2v) is 23.8. The number of hydrogen-bond acceptors (Lipinski definition) is 15. The van der Waals surface area contributed by atoms with Crippen LogP contribution < -0.4 is 48.0 Å². The van der Waals surface area contributed by atoms with Crippen molar-refractivity contribution < 1.29 is 50.5 Å². The summed E-state index contributed by atoms with van der Waals surface area (Å²) < 4.78 is 136. The minimum Gasteiger partial charge on any atom is -0.398 e. The van der Waals surface area contributed by atoms with E-state index >= 15 is 0 Å². The highest BCUT2D eigenvalue weighted by Gasteiger charge is 2.27. The van der Waals surface area contributed by atoms with E-state index in [1.54, 1.807) is 0 Å². The van der Waals surface area contributed by atoms with Gasteiger partial charge in [0.2, 0.25) is 60.1 Å². The molecule has 0 amide bonds. The lowest BCUT2D eigenvalue weighted by Gasteiger charge is -2.11. The smallest absolute Gasteiger partial charge is 0.240 e. The normalized spacial score (nSPS) is 12.2. The van der Waals surface area contributed by atoms with E-state index in [-0.39, 0.29) is 48.8 Å². The molecule has 0 aliphatic carbocycles. The predicted octanol–water partition coefficient (Wildman–Crippen LogP) is 2.72. The molecular weight excluding hydrogens is 1120 g/mol. The second kappa shape index (κ2) is 20.5. The Morgan fingerprint density at radius 1 is 0.300 bits per heavy atom. The summed E-state index contributed by atoms with van der Waals surface area (Å²) >= 11 is 50.0. The van der Waals surface area contributed by atoms with E-state index in [4.69, 9.17) is 152 Å². The Hall–Kier alpha value is -1.65. The number of nitrogen functional groups attached to an aromatic ring is 3. The zero-order valence-corrected chi connectivity index (χ0v) is 40.1. The average molecular weight is 1140 g/mol. The van der Waals surface area contributed by atoms with Gasteiger partial charge in [-0.15, -0.1) is 0 Å². The fourth-order valence-corrected chi connectivity index (χ4v) is 9.73. The molecule has 36 heteroatoms. The van der Waals surface area contributed by atoms with Gasteiger partial charge in [-0.1, -0.05) is 104 Å². The highest BCUT2D eigenvalue weighted by atomic mass is 35.5. The largest absolute Gasteiger partial charge is 0.398 e. The summed E-state index contributed by atoms with van der Waals surface area (Å²) in [5, 5.41) is 28.6. The molecule has 0 aliphatic heterocycles. The highest BCUT2D eigenvalue weighted by Crippen LogP contribution is 2.38. The molecule has 0 atom stereocenters. The molecule has 0 bridgehead atoms. The molecule has 0 fully saturated rings. The van der Waals surface area contributed by atoms with E-state index in [0.29, 0.717) is 18.2 Å². The van der Waals surface area contributed by atoms with Crippen LogP contribution in [-0.4, -0.2) is 50.5 Å². The van der Waals surface area contributed by atoms with Gasteiger partial charge in [0, 0.05) is 16.7 Å². The molecule has 0 heterocycles. The van der Waals surface area contributed by atoms with Gasteiger partial charge in [-0.05, 0) is 36.4 Å². The third kappa shape index (κ3) is 15.3. The molecule has 0 saturated heterocycles. The van der Waals surface area contributed by atoms with E-state index in [1.165, 1.54) is 0 Å². The van der Waals surface area contributed by atoms with Gasteiger partial charge in [-0.25, -0.2) is 81.3 Å². The first-order valence-corrected chi connectivity index (χ1v) is 26.3. The molecule has 60 heavy (non-hydrogen) atoms. The number of anilines is 3. The molecule has 0 aromatic heterocycles. The maximum atomic E-state index is 11.5. The lowest BCUT2D eigenvalue weighted by Crippen LogP contribution is -2.19. The van der Waals surface area contributed by atoms with E-state index < -0.39 is 103 Å². The van der Waals surface area contributed by atoms with Crippen LogP contribution >= 0.6 is 104 Å². The lowest BCUT2D eigenvalue weighted by molar-refractivity contribution is 0.592. The Morgan fingerprint density at radius 2 is 0.450 bits per heavy atom.